The number of amides is 2. The minimum atomic E-state index is -0.830. The van der Waals surface area contributed by atoms with E-state index in [9.17, 15) is 9.59 Å². The highest BCUT2D eigenvalue weighted by atomic mass is 35.5. The van der Waals surface area contributed by atoms with Gasteiger partial charge in [0.05, 0.1) is 5.02 Å². The van der Waals surface area contributed by atoms with Gasteiger partial charge in [0.2, 0.25) is 5.91 Å². The van der Waals surface area contributed by atoms with Gasteiger partial charge in [-0.15, -0.1) is 0 Å². The number of ether oxygens (including phenoxy) is 1. The maximum absolute atomic E-state index is 13.6. The van der Waals surface area contributed by atoms with Gasteiger partial charge in [-0.25, -0.2) is 0 Å². The summed E-state index contributed by atoms with van der Waals surface area (Å²) in [5.74, 6) is -0.397. The Hall–Kier alpha value is -2.44. The molecule has 0 aliphatic carbocycles. The zero-order valence-corrected chi connectivity index (χ0v) is 22.7. The molecule has 0 aliphatic rings. The van der Waals surface area contributed by atoms with Crippen LogP contribution in [0.5, 0.6) is 5.75 Å². The van der Waals surface area contributed by atoms with Crippen LogP contribution in [-0.2, 0) is 22.6 Å². The zero-order chi connectivity index (χ0) is 26.1. The topological polar surface area (TPSA) is 58.6 Å². The first-order valence-electron chi connectivity index (χ1n) is 11.4. The van der Waals surface area contributed by atoms with Crippen LogP contribution >= 0.6 is 46.4 Å². The quantitative estimate of drug-likeness (QED) is 0.276. The van der Waals surface area contributed by atoms with Gasteiger partial charge in [-0.05, 0) is 42.3 Å². The van der Waals surface area contributed by atoms with Crippen molar-refractivity contribution in [3.8, 4) is 5.75 Å². The van der Waals surface area contributed by atoms with Crippen LogP contribution in [0, 0.1) is 0 Å². The lowest BCUT2D eigenvalue weighted by molar-refractivity contribution is -0.142. The molecule has 0 saturated carbocycles. The summed E-state index contributed by atoms with van der Waals surface area (Å²) in [6.45, 7) is 2.11. The van der Waals surface area contributed by atoms with Crippen LogP contribution in [0.3, 0.4) is 0 Å². The Balaban J connectivity index is 1.95. The number of hydrogen-bond donors (Lipinski definition) is 1. The lowest BCUT2D eigenvalue weighted by atomic mass is 10.0. The molecule has 0 bridgehead atoms. The number of nitrogens with zero attached hydrogens (tertiary/aromatic N) is 1. The van der Waals surface area contributed by atoms with Gasteiger partial charge >= 0.3 is 0 Å². The van der Waals surface area contributed by atoms with E-state index in [4.69, 9.17) is 51.1 Å². The number of hydrogen-bond acceptors (Lipinski definition) is 3. The molecule has 36 heavy (non-hydrogen) atoms. The lowest BCUT2D eigenvalue weighted by Crippen LogP contribution is -2.51. The van der Waals surface area contributed by atoms with Crippen LogP contribution in [0.1, 0.15) is 24.5 Å². The number of carbonyl (C=O) groups excluding carboxylic acids is 2. The first-order chi connectivity index (χ1) is 17.3. The fourth-order valence-electron chi connectivity index (χ4n) is 3.59. The molecule has 0 radical (unpaired) electrons. The van der Waals surface area contributed by atoms with Crippen molar-refractivity contribution in [1.29, 1.82) is 0 Å². The molecule has 190 valence electrons. The molecule has 0 aromatic heterocycles. The molecule has 0 spiro atoms. The molecule has 1 N–H and O–H groups in total. The number of benzene rings is 3. The molecule has 0 saturated heterocycles. The highest BCUT2D eigenvalue weighted by Crippen LogP contribution is 2.29. The molecule has 5 nitrogen and oxygen atoms in total. The molecule has 0 aliphatic heterocycles. The molecule has 3 aromatic rings. The van der Waals surface area contributed by atoms with E-state index in [2.05, 4.69) is 5.32 Å². The van der Waals surface area contributed by atoms with Crippen LogP contribution in [0.15, 0.2) is 66.7 Å². The molecule has 2 amide bonds. The van der Waals surface area contributed by atoms with Gasteiger partial charge in [0.1, 0.15) is 11.8 Å². The SMILES string of the molecule is CCCNC(=O)C(Cc1ccccc1)N(Cc1c(Cl)cccc1Cl)C(=O)COc1ccc(Cl)cc1Cl. The van der Waals surface area contributed by atoms with Gasteiger partial charge in [-0.2, -0.15) is 0 Å². The summed E-state index contributed by atoms with van der Waals surface area (Å²) >= 11 is 25.0. The van der Waals surface area contributed by atoms with Crippen molar-refractivity contribution >= 4 is 58.2 Å². The summed E-state index contributed by atoms with van der Waals surface area (Å²) in [5.41, 5.74) is 1.44. The van der Waals surface area contributed by atoms with Crippen molar-refractivity contribution in [2.24, 2.45) is 0 Å². The Morgan fingerprint density at radius 2 is 1.61 bits per heavy atom. The van der Waals surface area contributed by atoms with Gasteiger partial charge < -0.3 is 15.0 Å². The first kappa shape index (κ1) is 28.1. The van der Waals surface area contributed by atoms with Gasteiger partial charge in [-0.3, -0.25) is 9.59 Å². The summed E-state index contributed by atoms with van der Waals surface area (Å²) in [6.07, 6.45) is 1.05. The van der Waals surface area contributed by atoms with E-state index in [-0.39, 0.29) is 24.1 Å². The largest absolute Gasteiger partial charge is 0.482 e. The van der Waals surface area contributed by atoms with Crippen molar-refractivity contribution in [3.05, 3.63) is 97.9 Å². The lowest BCUT2D eigenvalue weighted by Gasteiger charge is -2.32. The van der Waals surface area contributed by atoms with E-state index >= 15 is 0 Å². The van der Waals surface area contributed by atoms with E-state index < -0.39 is 11.9 Å². The van der Waals surface area contributed by atoms with Crippen LogP contribution in [0.4, 0.5) is 0 Å². The van der Waals surface area contributed by atoms with E-state index in [1.807, 2.05) is 37.3 Å². The van der Waals surface area contributed by atoms with Crippen molar-refractivity contribution in [2.45, 2.75) is 32.4 Å². The maximum atomic E-state index is 13.6. The molecule has 9 heteroatoms. The van der Waals surface area contributed by atoms with Crippen LogP contribution in [0.2, 0.25) is 20.1 Å². The Bertz CT molecular complexity index is 1170. The van der Waals surface area contributed by atoms with Gasteiger partial charge in [0, 0.05) is 40.1 Å². The van der Waals surface area contributed by atoms with Crippen molar-refractivity contribution in [1.82, 2.24) is 10.2 Å². The average molecular weight is 568 g/mol. The van der Waals surface area contributed by atoms with Crippen molar-refractivity contribution < 1.29 is 14.3 Å². The first-order valence-corrected chi connectivity index (χ1v) is 12.9. The smallest absolute Gasteiger partial charge is 0.261 e. The Kier molecular flexibility index (Phi) is 10.7. The van der Waals surface area contributed by atoms with Gasteiger partial charge in [0.15, 0.2) is 6.61 Å². The highest BCUT2D eigenvalue weighted by Gasteiger charge is 2.31. The van der Waals surface area contributed by atoms with Gasteiger partial charge in [-0.1, -0.05) is 89.7 Å². The molecule has 0 heterocycles. The molecule has 1 atom stereocenters. The molecule has 3 aromatic carbocycles. The van der Waals surface area contributed by atoms with E-state index in [0.717, 1.165) is 12.0 Å². The number of nitrogens with one attached hydrogen (secondary N) is 1. The fourth-order valence-corrected chi connectivity index (χ4v) is 4.57. The zero-order valence-electron chi connectivity index (χ0n) is 19.6. The summed E-state index contributed by atoms with van der Waals surface area (Å²) in [7, 11) is 0. The van der Waals surface area contributed by atoms with E-state index in [0.29, 0.717) is 39.3 Å². The van der Waals surface area contributed by atoms with Crippen LogP contribution < -0.4 is 10.1 Å². The fraction of sp³-hybridized carbons (Fsp3) is 0.259. The summed E-state index contributed by atoms with van der Waals surface area (Å²) in [4.78, 5) is 28.4. The van der Waals surface area contributed by atoms with Crippen molar-refractivity contribution in [3.63, 3.8) is 0 Å². The Morgan fingerprint density at radius 3 is 2.25 bits per heavy atom. The normalized spacial score (nSPS) is 11.6. The third-order valence-electron chi connectivity index (χ3n) is 5.46. The monoisotopic (exact) mass is 566 g/mol. The Labute approximate surface area is 231 Å². The van der Waals surface area contributed by atoms with Gasteiger partial charge in [0.25, 0.3) is 5.91 Å². The van der Waals surface area contributed by atoms with E-state index in [1.54, 1.807) is 30.3 Å². The van der Waals surface area contributed by atoms with Crippen LogP contribution in [-0.4, -0.2) is 35.9 Å². The number of carbonyl (C=O) groups is 2. The molecular weight excluding hydrogens is 542 g/mol. The van der Waals surface area contributed by atoms with Crippen LogP contribution in [0.25, 0.3) is 0 Å². The minimum absolute atomic E-state index is 0.0199. The summed E-state index contributed by atoms with van der Waals surface area (Å²) in [6, 6.07) is 18.5. The van der Waals surface area contributed by atoms with E-state index in [1.165, 1.54) is 11.0 Å². The maximum Gasteiger partial charge on any atom is 0.261 e. The molecule has 1 unspecified atom stereocenters. The summed E-state index contributed by atoms with van der Waals surface area (Å²) in [5, 5.41) is 4.44. The minimum Gasteiger partial charge on any atom is -0.482 e. The third kappa shape index (κ3) is 7.78. The number of rotatable bonds is 11. The summed E-state index contributed by atoms with van der Waals surface area (Å²) < 4.78 is 5.71. The molecule has 3 rings (SSSR count). The predicted molar refractivity (Wildman–Crippen MR) is 146 cm³/mol. The second kappa shape index (κ2) is 13.8. The average Bonchev–Trinajstić information content (AvgIpc) is 2.86. The van der Waals surface area contributed by atoms with Crippen molar-refractivity contribution in [2.75, 3.05) is 13.2 Å². The Morgan fingerprint density at radius 1 is 0.917 bits per heavy atom. The standard InChI is InChI=1S/C27H26Cl4N2O3/c1-2-13-32-27(35)24(14-18-7-4-3-5-8-18)33(16-20-21(29)9-6-10-22(20)30)26(34)17-36-25-12-11-19(28)15-23(25)31/h3-12,15,24H,2,13-14,16-17H2,1H3,(H,32,35). The predicted octanol–water partition coefficient (Wildman–Crippen LogP) is 6.85. The second-order valence-corrected chi connectivity index (χ2v) is 9.74. The number of halogens is 4. The highest BCUT2D eigenvalue weighted by molar-refractivity contribution is 6.36. The third-order valence-corrected chi connectivity index (χ3v) is 6.69. The molecule has 0 fully saturated rings. The molecular formula is C27H26Cl4N2O3. The second-order valence-electron chi connectivity index (χ2n) is 8.08.